The molecule has 7 N–H and O–H groups in total. The van der Waals surface area contributed by atoms with Crippen LogP contribution in [0.3, 0.4) is 0 Å². The number of Topliss-reactive ketones (excluding diaryl/α,β-unsaturated/α-hetero) is 3. The van der Waals surface area contributed by atoms with Crippen molar-refractivity contribution in [3.8, 4) is 5.75 Å². The molecule has 0 saturated carbocycles. The predicted octanol–water partition coefficient (Wildman–Crippen LogP) is 4.45. The number of hydrogen-bond donors (Lipinski definition) is 7. The largest absolute Gasteiger partial charge is 0.495 e. The Morgan fingerprint density at radius 3 is 2.16 bits per heavy atom. The first-order valence-electron chi connectivity index (χ1n) is 29.2. The monoisotopic (exact) mass is 1210 g/mol. The number of epoxide rings is 1. The van der Waals surface area contributed by atoms with Gasteiger partial charge >= 0.3 is 11.9 Å². The number of ether oxygens (including phenoxy) is 6. The number of nitrogens with one attached hydrogen (secondary N) is 4. The molecule has 0 radical (unpaired) electrons. The first-order chi connectivity index (χ1) is 40.1. The Bertz CT molecular complexity index is 2680. The van der Waals surface area contributed by atoms with Crippen LogP contribution in [-0.4, -0.2) is 157 Å². The van der Waals surface area contributed by atoms with Crippen LogP contribution in [0, 0.1) is 29.1 Å². The zero-order valence-electron chi connectivity index (χ0n) is 50.4. The molecule has 85 heavy (non-hydrogen) atoms. The zero-order chi connectivity index (χ0) is 62.9. The molecular weight excluding hydrogens is 1120 g/mol. The summed E-state index contributed by atoms with van der Waals surface area (Å²) in [6.45, 7) is 13.3. The van der Waals surface area contributed by atoms with Gasteiger partial charge in [-0.2, -0.15) is 0 Å². The fourth-order valence-electron chi connectivity index (χ4n) is 10.2. The molecule has 3 heterocycles. The van der Waals surface area contributed by atoms with Crippen LogP contribution in [0.25, 0.3) is 0 Å². The maximum atomic E-state index is 14.1. The van der Waals surface area contributed by atoms with E-state index in [9.17, 15) is 58.5 Å². The average Bonchev–Trinajstić information content (AvgIpc) is 2.77. The molecule has 23 heteroatoms. The Morgan fingerprint density at radius 2 is 1.53 bits per heavy atom. The second-order valence-corrected chi connectivity index (χ2v) is 24.3. The van der Waals surface area contributed by atoms with E-state index in [1.807, 2.05) is 45.0 Å². The molecular formula is C62H87ClN4O18. The molecule has 2 aromatic rings. The van der Waals surface area contributed by atoms with Crippen LogP contribution in [-0.2, 0) is 79.7 Å². The summed E-state index contributed by atoms with van der Waals surface area (Å²) in [5.74, 6) is -5.75. The average molecular weight is 1210 g/mol. The van der Waals surface area contributed by atoms with Gasteiger partial charge in [0.15, 0.2) is 18.2 Å². The molecule has 2 saturated heterocycles. The minimum Gasteiger partial charge on any atom is -0.495 e. The van der Waals surface area contributed by atoms with Crippen molar-refractivity contribution in [3.63, 3.8) is 0 Å². The van der Waals surface area contributed by atoms with E-state index < -0.39 is 126 Å². The van der Waals surface area contributed by atoms with Crippen molar-refractivity contribution in [3.05, 3.63) is 76.3 Å². The summed E-state index contributed by atoms with van der Waals surface area (Å²) in [6, 6.07) is 10.4. The lowest BCUT2D eigenvalue weighted by Gasteiger charge is -2.39. The third-order valence-corrected chi connectivity index (χ3v) is 15.8. The molecule has 5 rings (SSSR count). The van der Waals surface area contributed by atoms with Crippen molar-refractivity contribution in [2.24, 2.45) is 29.1 Å². The van der Waals surface area contributed by atoms with Gasteiger partial charge in [-0.25, -0.2) is 4.79 Å². The predicted molar refractivity (Wildman–Crippen MR) is 310 cm³/mol. The van der Waals surface area contributed by atoms with Crippen LogP contribution in [0.1, 0.15) is 136 Å². The van der Waals surface area contributed by atoms with Gasteiger partial charge in [-0.1, -0.05) is 82.6 Å². The smallest absolute Gasteiger partial charge is 0.347 e. The molecule has 0 spiro atoms. The van der Waals surface area contributed by atoms with Crippen LogP contribution >= 0.6 is 11.6 Å². The van der Waals surface area contributed by atoms with Crippen molar-refractivity contribution in [2.45, 2.75) is 193 Å². The summed E-state index contributed by atoms with van der Waals surface area (Å²) in [5.41, 5.74) is 0.912. The number of hydrogen-bond acceptors (Lipinski definition) is 18. The van der Waals surface area contributed by atoms with Crippen LogP contribution in [0.5, 0.6) is 5.75 Å². The molecule has 0 bridgehead atoms. The highest BCUT2D eigenvalue weighted by Gasteiger charge is 2.48. The molecule has 2 fully saturated rings. The lowest BCUT2D eigenvalue weighted by molar-refractivity contribution is -0.288. The number of benzene rings is 2. The zero-order valence-corrected chi connectivity index (χ0v) is 51.1. The second kappa shape index (κ2) is 32.6. The number of amides is 4. The van der Waals surface area contributed by atoms with Crippen molar-refractivity contribution < 1.29 is 86.9 Å². The van der Waals surface area contributed by atoms with Gasteiger partial charge in [-0.15, -0.1) is 0 Å². The maximum absolute atomic E-state index is 14.1. The number of halogens is 1. The van der Waals surface area contributed by atoms with Gasteiger partial charge in [0, 0.05) is 77.0 Å². The van der Waals surface area contributed by atoms with Gasteiger partial charge < -0.3 is 69.8 Å². The molecule has 0 unspecified atom stereocenters. The number of carbonyl (C=O) groups is 9. The molecule has 470 valence electrons. The third-order valence-electron chi connectivity index (χ3n) is 15.5. The van der Waals surface area contributed by atoms with Crippen LogP contribution in [0.2, 0.25) is 5.02 Å². The molecule has 4 amide bonds. The highest BCUT2D eigenvalue weighted by Crippen LogP contribution is 2.45. The number of aliphatic hydroxyl groups is 3. The Kier molecular flexibility index (Phi) is 26.7. The molecule has 0 aromatic heterocycles. The number of esters is 2. The Balaban J connectivity index is 1.28. The number of carbonyl (C=O) groups excluding carboxylic acids is 9. The quantitative estimate of drug-likeness (QED) is 0.0480. The number of cyclic esters (lactones) is 2. The molecule has 13 atom stereocenters. The Morgan fingerprint density at radius 1 is 0.835 bits per heavy atom. The topological polar surface area (TPSA) is 321 Å². The fraction of sp³-hybridized carbons (Fsp3) is 0.629. The van der Waals surface area contributed by atoms with Crippen molar-refractivity contribution in [1.82, 2.24) is 21.3 Å². The van der Waals surface area contributed by atoms with Gasteiger partial charge in [0.25, 0.3) is 0 Å². The van der Waals surface area contributed by atoms with Crippen LogP contribution < -0.4 is 26.0 Å². The van der Waals surface area contributed by atoms with Crippen molar-refractivity contribution in [2.75, 3.05) is 27.3 Å². The molecule has 22 nitrogen and oxygen atoms in total. The first kappa shape index (κ1) is 69.6. The van der Waals surface area contributed by atoms with E-state index >= 15 is 0 Å². The van der Waals surface area contributed by atoms with Gasteiger partial charge in [0.2, 0.25) is 23.6 Å². The third kappa shape index (κ3) is 21.1. The van der Waals surface area contributed by atoms with Gasteiger partial charge in [0.05, 0.1) is 29.7 Å². The number of rotatable bonds is 27. The van der Waals surface area contributed by atoms with Gasteiger partial charge in [-0.05, 0) is 93.2 Å². The number of aryl methyl sites for hydroxylation is 1. The van der Waals surface area contributed by atoms with Crippen LogP contribution in [0.15, 0.2) is 54.6 Å². The Labute approximate surface area is 502 Å². The normalized spacial score (nSPS) is 26.2. The summed E-state index contributed by atoms with van der Waals surface area (Å²) < 4.78 is 34.1. The summed E-state index contributed by atoms with van der Waals surface area (Å²) in [6.07, 6.45) is -6.71. The minimum absolute atomic E-state index is 0.00241. The summed E-state index contributed by atoms with van der Waals surface area (Å²) in [5, 5.41) is 42.2. The molecule has 3 aliphatic rings. The fourth-order valence-corrected chi connectivity index (χ4v) is 10.4. The summed E-state index contributed by atoms with van der Waals surface area (Å²) >= 11 is 6.39. The van der Waals surface area contributed by atoms with E-state index in [-0.39, 0.29) is 101 Å². The Hall–Kier alpha value is -6.14. The standard InChI is InChI=1S/C62H87ClN4O18/c1-33(2)27-47-59(78)82-45(14-12-16-50(72)66-42(29-38-20-25-46(80-9)41(63)28-38)58(77)65-32-62(7,8)61(79)84-47)36(6)56-57(85-56)39-21-17-37(18-22-39)19-24-43(69)40(30-44(70)52(34(3)4)67-51(73)15-11-13-35(5)68)23-26-49(71)64-31-48-53(74)54(75)55(76)60(81-10)83-48/h12,16-18,20-22,25,28,33-34,36,40,42,45,47-48,52-57,60,74-76H,11,13-15,19,23-24,26-27,29-32H2,1-10H3,(H,64,71)(H,65,77)(H,66,72)(H,67,73)/b16-12+/t36-,40+,42+,45-,47-,48+,52-,53+,54-,55+,56+,57+,60+/m0/s1. The highest BCUT2D eigenvalue weighted by atomic mass is 35.5. The van der Waals surface area contributed by atoms with E-state index in [0.29, 0.717) is 22.8 Å². The van der Waals surface area contributed by atoms with Crippen LogP contribution in [0.4, 0.5) is 0 Å². The van der Waals surface area contributed by atoms with E-state index in [2.05, 4.69) is 21.3 Å². The summed E-state index contributed by atoms with van der Waals surface area (Å²) in [4.78, 5) is 121. The maximum Gasteiger partial charge on any atom is 0.347 e. The number of aliphatic hydroxyl groups excluding tert-OH is 3. The van der Waals surface area contributed by atoms with E-state index in [4.69, 9.17) is 40.0 Å². The number of ketones is 3. The van der Waals surface area contributed by atoms with E-state index in [0.717, 1.165) is 11.1 Å². The summed E-state index contributed by atoms with van der Waals surface area (Å²) in [7, 11) is 2.73. The van der Waals surface area contributed by atoms with Crippen molar-refractivity contribution in [1.29, 1.82) is 0 Å². The van der Waals surface area contributed by atoms with Gasteiger partial charge in [0.1, 0.15) is 60.0 Å². The minimum atomic E-state index is -1.60. The van der Waals surface area contributed by atoms with Crippen molar-refractivity contribution >= 4 is 64.5 Å². The van der Waals surface area contributed by atoms with E-state index in [1.54, 1.807) is 52.0 Å². The lowest BCUT2D eigenvalue weighted by atomic mass is 9.85. The lowest BCUT2D eigenvalue weighted by Crippen LogP contribution is -2.60. The molecule has 3 aliphatic heterocycles. The molecule has 2 aromatic carbocycles. The van der Waals surface area contributed by atoms with Gasteiger partial charge in [-0.3, -0.25) is 33.6 Å². The second-order valence-electron chi connectivity index (χ2n) is 23.9. The highest BCUT2D eigenvalue weighted by molar-refractivity contribution is 6.32. The molecule has 0 aliphatic carbocycles. The van der Waals surface area contributed by atoms with E-state index in [1.165, 1.54) is 27.2 Å². The SMILES string of the molecule is COc1ccc(C[C@H]2NC(=O)/C=C/C[C@@H]([C@H](C)[C@H]3O[C@@H]3c3ccc(CCC(=O)[C@H](CCC(=O)NC[C@H]4O[C@@H](OC)[C@H](O)[C@@H](O)[C@@H]4O)CC(=O)[C@@H](NC(=O)CCCC(C)=O)C(C)C)cc3)OC(=O)[C@H](CC(C)C)OC(=O)C(C)(C)CNC2=O)cc1Cl. The first-order valence-corrected chi connectivity index (χ1v) is 29.6. The number of methoxy groups -OCH3 is 2.